The van der Waals surface area contributed by atoms with Crippen molar-refractivity contribution in [1.82, 2.24) is 28.9 Å². The van der Waals surface area contributed by atoms with Gasteiger partial charge in [-0.3, -0.25) is 23.4 Å². The van der Waals surface area contributed by atoms with Gasteiger partial charge in [0, 0.05) is 27.7 Å². The number of benzene rings is 1. The van der Waals surface area contributed by atoms with Crippen LogP contribution in [0.3, 0.4) is 0 Å². The maximum atomic E-state index is 13.3. The number of hydrogen-bond acceptors (Lipinski definition) is 7. The number of urea groups is 1. The molecule has 196 valence electrons. The highest BCUT2D eigenvalue weighted by Gasteiger charge is 2.37. The summed E-state index contributed by atoms with van der Waals surface area (Å²) in [7, 11) is 4.49. The summed E-state index contributed by atoms with van der Waals surface area (Å²) in [4.78, 5) is 58.1. The molecule has 2 N–H and O–H groups in total. The van der Waals surface area contributed by atoms with Crippen molar-refractivity contribution in [1.29, 1.82) is 0 Å². The normalized spacial score (nSPS) is 15.8. The van der Waals surface area contributed by atoms with E-state index < -0.39 is 29.3 Å². The minimum atomic E-state index is -0.757. The molecule has 0 radical (unpaired) electrons. The summed E-state index contributed by atoms with van der Waals surface area (Å²) in [6, 6.07) is 7.96. The van der Waals surface area contributed by atoms with Gasteiger partial charge in [0.15, 0.2) is 11.2 Å². The average molecular weight is 510 g/mol. The summed E-state index contributed by atoms with van der Waals surface area (Å²) in [6.07, 6.45) is 0.787. The summed E-state index contributed by atoms with van der Waals surface area (Å²) >= 11 is 0. The van der Waals surface area contributed by atoms with Crippen molar-refractivity contribution in [3.05, 3.63) is 68.0 Å². The Balaban J connectivity index is 2.00. The number of ether oxygens (including phenoxy) is 1. The number of rotatable bonds is 8. The largest absolute Gasteiger partial charge is 0.463 e. The first-order chi connectivity index (χ1) is 17.7. The fourth-order valence-corrected chi connectivity index (χ4v) is 4.42. The Morgan fingerprint density at radius 3 is 2.43 bits per heavy atom. The molecule has 0 spiro atoms. The second-order valence-electron chi connectivity index (χ2n) is 8.76. The number of imidazole rings is 1. The number of fused-ring (bicyclic) bond motifs is 1. The van der Waals surface area contributed by atoms with Crippen LogP contribution in [0.1, 0.15) is 31.9 Å². The molecule has 3 heterocycles. The van der Waals surface area contributed by atoms with Gasteiger partial charge < -0.3 is 15.4 Å². The van der Waals surface area contributed by atoms with E-state index in [0.29, 0.717) is 23.8 Å². The number of aromatic nitrogens is 4. The quantitative estimate of drug-likeness (QED) is 0.440. The Hall–Kier alpha value is -4.35. The molecule has 1 aliphatic rings. The van der Waals surface area contributed by atoms with Crippen LogP contribution in [0, 0.1) is 0 Å². The second-order valence-corrected chi connectivity index (χ2v) is 8.76. The molecule has 2 amide bonds. The van der Waals surface area contributed by atoms with E-state index in [0.717, 1.165) is 11.0 Å². The molecule has 0 aliphatic carbocycles. The number of allylic oxidation sites excluding steroid dienone is 1. The van der Waals surface area contributed by atoms with Crippen LogP contribution in [-0.2, 0) is 30.2 Å². The number of esters is 1. The van der Waals surface area contributed by atoms with Crippen LogP contribution in [-0.4, -0.2) is 55.8 Å². The van der Waals surface area contributed by atoms with Gasteiger partial charge in [0.25, 0.3) is 5.56 Å². The van der Waals surface area contributed by atoms with Crippen LogP contribution in [0.15, 0.2) is 51.2 Å². The molecule has 4 rings (SSSR count). The predicted octanol–water partition coefficient (Wildman–Crippen LogP) is 1.47. The second kappa shape index (κ2) is 10.3. The molecular weight excluding hydrogens is 478 g/mol. The van der Waals surface area contributed by atoms with E-state index in [2.05, 4.69) is 15.6 Å². The fraction of sp³-hybridized carbons (Fsp3) is 0.400. The predicted molar refractivity (Wildman–Crippen MR) is 138 cm³/mol. The molecular formula is C25H31N7O5. The minimum absolute atomic E-state index is 0.0443. The van der Waals surface area contributed by atoms with Crippen LogP contribution in [0.25, 0.3) is 11.2 Å². The minimum Gasteiger partial charge on any atom is -0.463 e. The first-order valence-electron chi connectivity index (χ1n) is 12.1. The first-order valence-corrected chi connectivity index (χ1v) is 12.1. The number of aryl methyl sites for hydroxylation is 1. The summed E-state index contributed by atoms with van der Waals surface area (Å²) in [5, 5.41) is 6.09. The van der Waals surface area contributed by atoms with Crippen molar-refractivity contribution in [2.75, 3.05) is 25.5 Å². The molecule has 12 heteroatoms. The van der Waals surface area contributed by atoms with Crippen molar-refractivity contribution in [2.24, 2.45) is 14.1 Å². The van der Waals surface area contributed by atoms with E-state index in [1.807, 2.05) is 37.3 Å². The van der Waals surface area contributed by atoms with Crippen molar-refractivity contribution < 1.29 is 14.3 Å². The summed E-state index contributed by atoms with van der Waals surface area (Å²) < 4.78 is 9.32. The van der Waals surface area contributed by atoms with Crippen molar-refractivity contribution in [2.45, 2.75) is 32.9 Å². The molecule has 2 aromatic heterocycles. The van der Waals surface area contributed by atoms with Crippen LogP contribution in [0.2, 0.25) is 0 Å². The lowest BCUT2D eigenvalue weighted by Crippen LogP contribution is -2.48. The highest BCUT2D eigenvalue weighted by atomic mass is 16.5. The van der Waals surface area contributed by atoms with E-state index >= 15 is 0 Å². The fourth-order valence-electron chi connectivity index (χ4n) is 4.42. The summed E-state index contributed by atoms with van der Waals surface area (Å²) in [5.74, 6) is -0.229. The van der Waals surface area contributed by atoms with Gasteiger partial charge in [0.05, 0.1) is 30.5 Å². The average Bonchev–Trinajstić information content (AvgIpc) is 3.26. The summed E-state index contributed by atoms with van der Waals surface area (Å²) in [5.41, 5.74) is 0.653. The van der Waals surface area contributed by atoms with Gasteiger partial charge in [-0.05, 0) is 18.9 Å². The zero-order chi connectivity index (χ0) is 26.9. The van der Waals surface area contributed by atoms with E-state index in [1.165, 1.54) is 16.5 Å². The molecule has 0 saturated carbocycles. The van der Waals surface area contributed by atoms with Crippen LogP contribution >= 0.6 is 0 Å². The molecule has 1 atom stereocenters. The zero-order valence-electron chi connectivity index (χ0n) is 21.6. The van der Waals surface area contributed by atoms with Crippen molar-refractivity contribution in [3.63, 3.8) is 0 Å². The molecule has 1 aromatic carbocycles. The van der Waals surface area contributed by atoms with Gasteiger partial charge in [0.2, 0.25) is 5.95 Å². The number of nitrogens with zero attached hydrogens (tertiary/aromatic N) is 5. The van der Waals surface area contributed by atoms with E-state index in [1.54, 1.807) is 25.6 Å². The maximum absolute atomic E-state index is 13.3. The van der Waals surface area contributed by atoms with Gasteiger partial charge in [0.1, 0.15) is 0 Å². The molecule has 3 aromatic rings. The molecule has 0 saturated heterocycles. The SMILES string of the molecule is CCCNc1nc2c(c(=O)n(C)c(=O)n2C)n1CC1=C(C(=O)OCC)C(c2ccccc2)NC(=O)N1C. The number of hydrogen-bond donors (Lipinski definition) is 2. The summed E-state index contributed by atoms with van der Waals surface area (Å²) in [6.45, 7) is 4.36. The number of likely N-dealkylation sites (N-methyl/N-ethyl adjacent to an activating group) is 1. The number of nitrogens with one attached hydrogen (secondary N) is 2. The standard InChI is InChI=1S/C25H31N7O5/c1-6-13-26-23-28-20-19(21(33)31(5)25(36)30(20)4)32(23)14-16-17(22(34)37-7-2)18(27-24(35)29(16)3)15-11-9-8-10-12-15/h8-12,18H,6-7,13-14H2,1-5H3,(H,26,28)(H,27,35). The van der Waals surface area contributed by atoms with Gasteiger partial charge >= 0.3 is 17.7 Å². The van der Waals surface area contributed by atoms with E-state index in [-0.39, 0.29) is 29.9 Å². The lowest BCUT2D eigenvalue weighted by Gasteiger charge is -2.35. The van der Waals surface area contributed by atoms with Crippen LogP contribution in [0.5, 0.6) is 0 Å². The molecule has 37 heavy (non-hydrogen) atoms. The van der Waals surface area contributed by atoms with E-state index in [4.69, 9.17) is 4.74 Å². The maximum Gasteiger partial charge on any atom is 0.338 e. The first kappa shape index (κ1) is 25.7. The number of amides is 2. The van der Waals surface area contributed by atoms with E-state index in [9.17, 15) is 19.2 Å². The number of carbonyl (C=O) groups excluding carboxylic acids is 2. The molecule has 1 aliphatic heterocycles. The zero-order valence-corrected chi connectivity index (χ0v) is 21.6. The smallest absolute Gasteiger partial charge is 0.338 e. The Morgan fingerprint density at radius 2 is 1.78 bits per heavy atom. The Bertz CT molecular complexity index is 1500. The lowest BCUT2D eigenvalue weighted by molar-refractivity contribution is -0.139. The Kier molecular flexibility index (Phi) is 7.18. The third-order valence-corrected chi connectivity index (χ3v) is 6.39. The third-order valence-electron chi connectivity index (χ3n) is 6.39. The van der Waals surface area contributed by atoms with Gasteiger partial charge in [-0.15, -0.1) is 0 Å². The lowest BCUT2D eigenvalue weighted by atomic mass is 9.94. The third kappa shape index (κ3) is 4.50. The molecule has 0 fully saturated rings. The van der Waals surface area contributed by atoms with Crippen molar-refractivity contribution in [3.8, 4) is 0 Å². The highest BCUT2D eigenvalue weighted by Crippen LogP contribution is 2.32. The molecule has 12 nitrogen and oxygen atoms in total. The number of anilines is 1. The Labute approximate surface area is 213 Å². The van der Waals surface area contributed by atoms with Crippen LogP contribution in [0.4, 0.5) is 10.7 Å². The monoisotopic (exact) mass is 509 g/mol. The van der Waals surface area contributed by atoms with Crippen LogP contribution < -0.4 is 21.9 Å². The van der Waals surface area contributed by atoms with Crippen molar-refractivity contribution >= 4 is 29.1 Å². The van der Waals surface area contributed by atoms with Gasteiger partial charge in [-0.1, -0.05) is 37.3 Å². The molecule has 1 unspecified atom stereocenters. The number of carbonyl (C=O) groups is 2. The highest BCUT2D eigenvalue weighted by molar-refractivity contribution is 5.95. The Morgan fingerprint density at radius 1 is 1.08 bits per heavy atom. The topological polar surface area (TPSA) is 132 Å². The molecule has 0 bridgehead atoms. The van der Waals surface area contributed by atoms with Gasteiger partial charge in [-0.25, -0.2) is 14.4 Å². The van der Waals surface area contributed by atoms with Gasteiger partial charge in [-0.2, -0.15) is 4.98 Å².